The molecule has 84 valence electrons. The summed E-state index contributed by atoms with van der Waals surface area (Å²) in [4.78, 5) is 10.2. The number of fused-ring (bicyclic) bond motifs is 1. The SMILES string of the molecule is CC(C)C1C=Cc2cc([N+](=O)[O-])ccc2O1. The van der Waals surface area contributed by atoms with Crippen LogP contribution in [0.25, 0.3) is 6.08 Å². The van der Waals surface area contributed by atoms with Gasteiger partial charge in [0.2, 0.25) is 0 Å². The normalized spacial score (nSPS) is 18.1. The van der Waals surface area contributed by atoms with E-state index in [0.717, 1.165) is 5.56 Å². The summed E-state index contributed by atoms with van der Waals surface area (Å²) in [6, 6.07) is 4.66. The number of hydrogen-bond acceptors (Lipinski definition) is 3. The second-order valence-corrected chi connectivity index (χ2v) is 4.16. The van der Waals surface area contributed by atoms with Gasteiger partial charge in [-0.3, -0.25) is 10.1 Å². The van der Waals surface area contributed by atoms with Crippen LogP contribution in [-0.4, -0.2) is 11.0 Å². The summed E-state index contributed by atoms with van der Waals surface area (Å²) in [6.07, 6.45) is 3.88. The Balaban J connectivity index is 2.33. The third-order valence-electron chi connectivity index (χ3n) is 2.59. The summed E-state index contributed by atoms with van der Waals surface area (Å²) in [6.45, 7) is 4.15. The van der Waals surface area contributed by atoms with Crippen LogP contribution in [0.4, 0.5) is 5.69 Å². The van der Waals surface area contributed by atoms with E-state index in [4.69, 9.17) is 4.74 Å². The molecule has 1 aromatic carbocycles. The van der Waals surface area contributed by atoms with Crippen molar-refractivity contribution in [1.29, 1.82) is 0 Å². The molecular weight excluding hydrogens is 206 g/mol. The smallest absolute Gasteiger partial charge is 0.270 e. The van der Waals surface area contributed by atoms with Gasteiger partial charge in [-0.1, -0.05) is 19.9 Å². The second-order valence-electron chi connectivity index (χ2n) is 4.16. The van der Waals surface area contributed by atoms with Crippen molar-refractivity contribution in [2.45, 2.75) is 20.0 Å². The monoisotopic (exact) mass is 219 g/mol. The van der Waals surface area contributed by atoms with Gasteiger partial charge in [-0.15, -0.1) is 0 Å². The highest BCUT2D eigenvalue weighted by Gasteiger charge is 2.19. The third kappa shape index (κ3) is 1.91. The molecule has 0 bridgehead atoms. The van der Waals surface area contributed by atoms with Crippen molar-refractivity contribution in [2.24, 2.45) is 5.92 Å². The van der Waals surface area contributed by atoms with Crippen molar-refractivity contribution in [2.75, 3.05) is 0 Å². The molecule has 0 aromatic heterocycles. The first-order chi connectivity index (χ1) is 7.58. The van der Waals surface area contributed by atoms with E-state index in [0.29, 0.717) is 11.7 Å². The fraction of sp³-hybridized carbons (Fsp3) is 0.333. The zero-order valence-corrected chi connectivity index (χ0v) is 9.21. The summed E-state index contributed by atoms with van der Waals surface area (Å²) < 4.78 is 5.72. The Hall–Kier alpha value is -1.84. The van der Waals surface area contributed by atoms with E-state index in [2.05, 4.69) is 13.8 Å². The molecule has 0 aliphatic carbocycles. The molecule has 4 nitrogen and oxygen atoms in total. The maximum atomic E-state index is 10.6. The van der Waals surface area contributed by atoms with Crippen LogP contribution >= 0.6 is 0 Å². The standard InChI is InChI=1S/C12H13NO3/c1-8(2)11-5-3-9-7-10(13(14)15)4-6-12(9)16-11/h3-8,11H,1-2H3. The molecule has 16 heavy (non-hydrogen) atoms. The molecule has 0 fully saturated rings. The number of benzene rings is 1. The Kier molecular flexibility index (Phi) is 2.64. The predicted octanol–water partition coefficient (Wildman–Crippen LogP) is 3.03. The van der Waals surface area contributed by atoms with Gasteiger partial charge in [0.15, 0.2) is 0 Å². The zero-order valence-electron chi connectivity index (χ0n) is 9.21. The van der Waals surface area contributed by atoms with E-state index in [9.17, 15) is 10.1 Å². The Morgan fingerprint density at radius 2 is 2.19 bits per heavy atom. The molecule has 0 spiro atoms. The third-order valence-corrected chi connectivity index (χ3v) is 2.59. The molecule has 1 aliphatic heterocycles. The van der Waals surface area contributed by atoms with Gasteiger partial charge in [-0.05, 0) is 18.1 Å². The molecule has 1 unspecified atom stereocenters. The maximum absolute atomic E-state index is 10.6. The average Bonchev–Trinajstić information content (AvgIpc) is 2.27. The quantitative estimate of drug-likeness (QED) is 0.567. The van der Waals surface area contributed by atoms with Crippen LogP contribution in [0, 0.1) is 16.0 Å². The summed E-state index contributed by atoms with van der Waals surface area (Å²) in [5.41, 5.74) is 0.862. The lowest BCUT2D eigenvalue weighted by Crippen LogP contribution is -2.22. The molecule has 2 rings (SSSR count). The average molecular weight is 219 g/mol. The summed E-state index contributed by atoms with van der Waals surface area (Å²) >= 11 is 0. The number of hydrogen-bond donors (Lipinski definition) is 0. The molecule has 0 amide bonds. The van der Waals surface area contributed by atoms with Crippen molar-refractivity contribution < 1.29 is 9.66 Å². The largest absolute Gasteiger partial charge is 0.485 e. The molecule has 0 saturated heterocycles. The summed E-state index contributed by atoms with van der Waals surface area (Å²) in [5, 5.41) is 10.6. The Bertz CT molecular complexity index is 452. The van der Waals surface area contributed by atoms with E-state index in [1.165, 1.54) is 12.1 Å². The highest BCUT2D eigenvalue weighted by atomic mass is 16.6. The predicted molar refractivity (Wildman–Crippen MR) is 61.4 cm³/mol. The number of rotatable bonds is 2. The number of nitrogens with zero attached hydrogens (tertiary/aromatic N) is 1. The van der Waals surface area contributed by atoms with Crippen LogP contribution in [0.5, 0.6) is 5.75 Å². The first-order valence-electron chi connectivity index (χ1n) is 5.21. The number of nitro benzene ring substituents is 1. The van der Waals surface area contributed by atoms with Crippen LogP contribution in [-0.2, 0) is 0 Å². The van der Waals surface area contributed by atoms with Crippen molar-refractivity contribution in [3.63, 3.8) is 0 Å². The first kappa shape index (κ1) is 10.7. The molecule has 1 aromatic rings. The molecule has 0 N–H and O–H groups in total. The highest BCUT2D eigenvalue weighted by Crippen LogP contribution is 2.31. The molecular formula is C12H13NO3. The van der Waals surface area contributed by atoms with E-state index >= 15 is 0 Å². The van der Waals surface area contributed by atoms with Gasteiger partial charge in [-0.2, -0.15) is 0 Å². The number of ether oxygens (including phenoxy) is 1. The Morgan fingerprint density at radius 1 is 1.44 bits per heavy atom. The number of non-ortho nitro benzene ring substituents is 1. The Morgan fingerprint density at radius 3 is 2.81 bits per heavy atom. The topological polar surface area (TPSA) is 52.4 Å². The first-order valence-corrected chi connectivity index (χ1v) is 5.21. The van der Waals surface area contributed by atoms with Gasteiger partial charge >= 0.3 is 0 Å². The molecule has 1 aliphatic rings. The van der Waals surface area contributed by atoms with E-state index in [-0.39, 0.29) is 11.8 Å². The van der Waals surface area contributed by atoms with Crippen LogP contribution in [0.15, 0.2) is 24.3 Å². The minimum Gasteiger partial charge on any atom is -0.485 e. The molecule has 4 heteroatoms. The van der Waals surface area contributed by atoms with Crippen molar-refractivity contribution in [3.8, 4) is 5.75 Å². The highest BCUT2D eigenvalue weighted by molar-refractivity contribution is 5.63. The van der Waals surface area contributed by atoms with Crippen LogP contribution in [0.3, 0.4) is 0 Å². The lowest BCUT2D eigenvalue weighted by molar-refractivity contribution is -0.384. The van der Waals surface area contributed by atoms with E-state index < -0.39 is 4.92 Å². The Labute approximate surface area is 93.7 Å². The van der Waals surface area contributed by atoms with Gasteiger partial charge in [0.05, 0.1) is 4.92 Å². The molecule has 0 saturated carbocycles. The summed E-state index contributed by atoms with van der Waals surface area (Å²) in [7, 11) is 0. The maximum Gasteiger partial charge on any atom is 0.270 e. The second kappa shape index (κ2) is 3.96. The minimum atomic E-state index is -0.400. The van der Waals surface area contributed by atoms with Gasteiger partial charge in [0, 0.05) is 17.7 Å². The fourth-order valence-electron chi connectivity index (χ4n) is 1.63. The van der Waals surface area contributed by atoms with Crippen LogP contribution in [0.1, 0.15) is 19.4 Å². The molecule has 1 heterocycles. The van der Waals surface area contributed by atoms with Gasteiger partial charge in [-0.25, -0.2) is 0 Å². The van der Waals surface area contributed by atoms with Crippen LogP contribution in [0.2, 0.25) is 0 Å². The number of nitro groups is 1. The van der Waals surface area contributed by atoms with E-state index in [1.54, 1.807) is 6.07 Å². The van der Waals surface area contributed by atoms with Gasteiger partial charge < -0.3 is 4.74 Å². The molecule has 1 atom stereocenters. The summed E-state index contributed by atoms with van der Waals surface area (Å²) in [5.74, 6) is 1.10. The molecule has 0 radical (unpaired) electrons. The minimum absolute atomic E-state index is 0.0500. The van der Waals surface area contributed by atoms with Crippen molar-refractivity contribution >= 4 is 11.8 Å². The van der Waals surface area contributed by atoms with Crippen LogP contribution < -0.4 is 4.74 Å². The lowest BCUT2D eigenvalue weighted by atomic mass is 10.0. The lowest BCUT2D eigenvalue weighted by Gasteiger charge is -2.23. The van der Waals surface area contributed by atoms with Crippen molar-refractivity contribution in [1.82, 2.24) is 0 Å². The van der Waals surface area contributed by atoms with Gasteiger partial charge in [0.1, 0.15) is 11.9 Å². The van der Waals surface area contributed by atoms with Gasteiger partial charge in [0.25, 0.3) is 5.69 Å². The zero-order chi connectivity index (χ0) is 11.7. The van der Waals surface area contributed by atoms with Crippen molar-refractivity contribution in [3.05, 3.63) is 40.0 Å². The fourth-order valence-corrected chi connectivity index (χ4v) is 1.63. The van der Waals surface area contributed by atoms with E-state index in [1.807, 2.05) is 12.2 Å².